The summed E-state index contributed by atoms with van der Waals surface area (Å²) in [6.45, 7) is 0. The van der Waals surface area contributed by atoms with Crippen LogP contribution in [-0.2, 0) is 9.59 Å². The Labute approximate surface area is 91.2 Å². The van der Waals surface area contributed by atoms with Crippen LogP contribution in [0.2, 0.25) is 0 Å². The molecule has 2 radical (unpaired) electrons. The second-order valence-electron chi connectivity index (χ2n) is 3.17. The van der Waals surface area contributed by atoms with Gasteiger partial charge < -0.3 is 10.5 Å². The maximum absolute atomic E-state index is 11.4. The number of hydrogen-bond donors (Lipinski definition) is 1. The molecule has 0 aromatic heterocycles. The number of rotatable bonds is 2. The highest BCUT2D eigenvalue weighted by molar-refractivity contribution is 6.40. The fourth-order valence-corrected chi connectivity index (χ4v) is 1.47. The first-order valence-electron chi connectivity index (χ1n) is 4.48. The van der Waals surface area contributed by atoms with Gasteiger partial charge in [-0.2, -0.15) is 0 Å². The number of primary amides is 1. The Morgan fingerprint density at radius 3 is 2.94 bits per heavy atom. The molecule has 1 aromatic carbocycles. The van der Waals surface area contributed by atoms with Crippen LogP contribution in [0.15, 0.2) is 12.1 Å². The summed E-state index contributed by atoms with van der Waals surface area (Å²) in [7, 11) is 1.50. The topological polar surface area (TPSA) is 83.5 Å². The predicted octanol–water partition coefficient (Wildman–Crippen LogP) is -1.99. The highest BCUT2D eigenvalue weighted by Gasteiger charge is 2.20. The van der Waals surface area contributed by atoms with Gasteiger partial charge in [0.25, 0.3) is 11.8 Å². The van der Waals surface area contributed by atoms with E-state index in [1.165, 1.54) is 19.4 Å². The van der Waals surface area contributed by atoms with Gasteiger partial charge >= 0.3 is 0 Å². The molecular weight excluding hydrogens is 208 g/mol. The maximum Gasteiger partial charge on any atom is 0.283 e. The minimum absolute atomic E-state index is 0.114. The molecule has 16 heavy (non-hydrogen) atoms. The number of fused-ring (bicyclic) bond motifs is 1. The lowest BCUT2D eigenvalue weighted by atomic mass is 10.1. The van der Waals surface area contributed by atoms with E-state index in [-0.39, 0.29) is 5.57 Å². The van der Waals surface area contributed by atoms with Gasteiger partial charge in [0.2, 0.25) is 0 Å². The van der Waals surface area contributed by atoms with Crippen molar-refractivity contribution < 1.29 is 14.3 Å². The highest BCUT2D eigenvalue weighted by atomic mass is 16.5. The van der Waals surface area contributed by atoms with Crippen molar-refractivity contribution in [3.8, 4) is 5.75 Å². The van der Waals surface area contributed by atoms with Crippen LogP contribution in [0.5, 0.6) is 5.75 Å². The maximum atomic E-state index is 11.4. The first kappa shape index (κ1) is 10.2. The summed E-state index contributed by atoms with van der Waals surface area (Å²) < 4.78 is 4.98. The average Bonchev–Trinajstić information content (AvgIpc) is 2.27. The van der Waals surface area contributed by atoms with Gasteiger partial charge in [0.05, 0.1) is 7.11 Å². The van der Waals surface area contributed by atoms with E-state index >= 15 is 0 Å². The molecular formula is C11H8N2O3. The zero-order chi connectivity index (χ0) is 11.7. The molecule has 0 saturated carbocycles. The third-order valence-electron chi connectivity index (χ3n) is 2.23. The SMILES string of the molecule is COc1[c]cc2c(c1)=C[N]C(=O)C=2C(N)=O. The van der Waals surface area contributed by atoms with Gasteiger partial charge in [-0.15, -0.1) is 0 Å². The molecule has 5 heteroatoms. The van der Waals surface area contributed by atoms with Crippen molar-refractivity contribution in [1.82, 2.24) is 5.32 Å². The number of nitrogens with zero attached hydrogens (tertiary/aromatic N) is 1. The smallest absolute Gasteiger partial charge is 0.283 e. The van der Waals surface area contributed by atoms with E-state index in [0.717, 1.165) is 0 Å². The second-order valence-corrected chi connectivity index (χ2v) is 3.17. The molecule has 0 aliphatic carbocycles. The molecule has 0 unspecified atom stereocenters. The van der Waals surface area contributed by atoms with Crippen molar-refractivity contribution in [3.05, 3.63) is 28.6 Å². The highest BCUT2D eigenvalue weighted by Crippen LogP contribution is 2.03. The molecule has 2 N–H and O–H groups in total. The monoisotopic (exact) mass is 216 g/mol. The largest absolute Gasteiger partial charge is 0.496 e. The van der Waals surface area contributed by atoms with Gasteiger partial charge in [0, 0.05) is 22.7 Å². The molecule has 1 aliphatic rings. The first-order valence-corrected chi connectivity index (χ1v) is 4.48. The minimum Gasteiger partial charge on any atom is -0.496 e. The van der Waals surface area contributed by atoms with Crippen molar-refractivity contribution in [2.75, 3.05) is 7.11 Å². The molecule has 5 nitrogen and oxygen atoms in total. The summed E-state index contributed by atoms with van der Waals surface area (Å²) in [6.07, 6.45) is 1.38. The van der Waals surface area contributed by atoms with Crippen molar-refractivity contribution in [2.45, 2.75) is 0 Å². The Morgan fingerprint density at radius 1 is 1.56 bits per heavy atom. The lowest BCUT2D eigenvalue weighted by Crippen LogP contribution is -2.41. The van der Waals surface area contributed by atoms with E-state index in [4.69, 9.17) is 10.5 Å². The summed E-state index contributed by atoms with van der Waals surface area (Å²) >= 11 is 0. The summed E-state index contributed by atoms with van der Waals surface area (Å²) in [4.78, 5) is 22.5. The minimum atomic E-state index is -0.790. The Hall–Kier alpha value is -2.30. The van der Waals surface area contributed by atoms with Gasteiger partial charge in [0.15, 0.2) is 0 Å². The zero-order valence-electron chi connectivity index (χ0n) is 8.48. The third-order valence-corrected chi connectivity index (χ3v) is 2.23. The van der Waals surface area contributed by atoms with Crippen LogP contribution < -0.4 is 26.2 Å². The fraction of sp³-hybridized carbons (Fsp3) is 0.0909. The van der Waals surface area contributed by atoms with Crippen molar-refractivity contribution in [1.29, 1.82) is 0 Å². The standard InChI is InChI=1S/C11H8N2O3/c1-16-7-2-3-8-6(4-7)5-13-11(15)9(8)10(12)14/h3-5H,1H3,(H2,12,14). The first-order chi connectivity index (χ1) is 7.63. The molecule has 0 bridgehead atoms. The van der Waals surface area contributed by atoms with E-state index in [9.17, 15) is 9.59 Å². The van der Waals surface area contributed by atoms with Gasteiger partial charge in [0.1, 0.15) is 11.3 Å². The van der Waals surface area contributed by atoms with E-state index in [1.807, 2.05) is 0 Å². The van der Waals surface area contributed by atoms with E-state index < -0.39 is 11.8 Å². The zero-order valence-corrected chi connectivity index (χ0v) is 8.48. The summed E-state index contributed by atoms with van der Waals surface area (Å²) in [5.74, 6) is -0.913. The van der Waals surface area contributed by atoms with Gasteiger partial charge in [-0.25, -0.2) is 5.32 Å². The molecule has 2 rings (SSSR count). The Kier molecular flexibility index (Phi) is 2.36. The van der Waals surface area contributed by atoms with Crippen molar-refractivity contribution in [3.63, 3.8) is 0 Å². The number of carbonyl (C=O) groups excluding carboxylic acids is 2. The van der Waals surface area contributed by atoms with E-state index in [1.54, 1.807) is 6.07 Å². The Morgan fingerprint density at radius 2 is 2.31 bits per heavy atom. The van der Waals surface area contributed by atoms with Crippen molar-refractivity contribution >= 4 is 23.6 Å². The fourth-order valence-electron chi connectivity index (χ4n) is 1.47. The number of nitrogens with two attached hydrogens (primary N) is 1. The normalized spacial score (nSPS) is 13.6. The Balaban J connectivity index is 2.82. The van der Waals surface area contributed by atoms with Crippen LogP contribution in [-0.4, -0.2) is 18.9 Å². The molecule has 1 aromatic rings. The summed E-state index contributed by atoms with van der Waals surface area (Å²) in [5.41, 5.74) is 5.01. The second kappa shape index (κ2) is 3.69. The number of amides is 2. The van der Waals surface area contributed by atoms with E-state index in [0.29, 0.717) is 16.2 Å². The predicted molar refractivity (Wildman–Crippen MR) is 55.3 cm³/mol. The van der Waals surface area contributed by atoms with Crippen LogP contribution in [0.1, 0.15) is 0 Å². The molecule has 80 valence electrons. The number of methoxy groups -OCH3 is 1. The third kappa shape index (κ3) is 1.52. The molecule has 1 heterocycles. The molecule has 1 aliphatic heterocycles. The summed E-state index contributed by atoms with van der Waals surface area (Å²) in [5, 5.41) is 4.63. The summed E-state index contributed by atoms with van der Waals surface area (Å²) in [6, 6.07) is 5.92. The van der Waals surface area contributed by atoms with Gasteiger partial charge in [-0.1, -0.05) is 0 Å². The number of hydrogen-bond acceptors (Lipinski definition) is 3. The van der Waals surface area contributed by atoms with Crippen molar-refractivity contribution in [2.24, 2.45) is 5.73 Å². The van der Waals surface area contributed by atoms with Crippen LogP contribution in [0.4, 0.5) is 0 Å². The van der Waals surface area contributed by atoms with E-state index in [2.05, 4.69) is 11.4 Å². The number of carbonyl (C=O) groups is 2. The number of ether oxygens (including phenoxy) is 1. The molecule has 0 spiro atoms. The van der Waals surface area contributed by atoms with Crippen LogP contribution in [0, 0.1) is 6.07 Å². The lowest BCUT2D eigenvalue weighted by Gasteiger charge is -2.07. The van der Waals surface area contributed by atoms with Gasteiger partial charge in [-0.3, -0.25) is 9.59 Å². The molecule has 2 amide bonds. The molecule has 0 fully saturated rings. The van der Waals surface area contributed by atoms with Crippen LogP contribution in [0.25, 0.3) is 11.8 Å². The van der Waals surface area contributed by atoms with Gasteiger partial charge in [-0.05, 0) is 12.1 Å². The number of benzene rings is 1. The molecule has 0 atom stereocenters. The Bertz CT molecular complexity index is 590. The lowest BCUT2D eigenvalue weighted by molar-refractivity contribution is -0.118. The van der Waals surface area contributed by atoms with Crippen LogP contribution in [0.3, 0.4) is 0 Å². The molecule has 0 saturated heterocycles. The average molecular weight is 216 g/mol. The quantitative estimate of drug-likeness (QED) is 0.621. The van der Waals surface area contributed by atoms with Crippen LogP contribution >= 0.6 is 0 Å².